The van der Waals surface area contributed by atoms with Crippen LogP contribution in [-0.2, 0) is 6.54 Å². The lowest BCUT2D eigenvalue weighted by Crippen LogP contribution is -2.47. The van der Waals surface area contributed by atoms with Crippen LogP contribution in [0.4, 0.5) is 10.6 Å². The van der Waals surface area contributed by atoms with Crippen molar-refractivity contribution in [2.24, 2.45) is 0 Å². The minimum Gasteiger partial charge on any atom is -0.465 e. The van der Waals surface area contributed by atoms with E-state index in [1.54, 1.807) is 4.52 Å². The van der Waals surface area contributed by atoms with Gasteiger partial charge in [-0.3, -0.25) is 4.90 Å². The van der Waals surface area contributed by atoms with E-state index in [9.17, 15) is 4.79 Å². The monoisotopic (exact) mass is 276 g/mol. The Morgan fingerprint density at radius 2 is 2.05 bits per heavy atom. The Morgan fingerprint density at radius 1 is 1.30 bits per heavy atom. The Bertz CT molecular complexity index is 632. The zero-order valence-electron chi connectivity index (χ0n) is 10.9. The molecule has 106 valence electrons. The lowest BCUT2D eigenvalue weighted by Gasteiger charge is -2.32. The smallest absolute Gasteiger partial charge is 0.407 e. The normalized spacial score (nSPS) is 16.7. The summed E-state index contributed by atoms with van der Waals surface area (Å²) in [6.45, 7) is 3.24. The first-order valence-electron chi connectivity index (χ1n) is 6.42. The molecule has 1 fully saturated rings. The van der Waals surface area contributed by atoms with Crippen LogP contribution < -0.4 is 5.73 Å². The average Bonchev–Trinajstić information content (AvgIpc) is 2.84. The van der Waals surface area contributed by atoms with Gasteiger partial charge >= 0.3 is 6.09 Å². The number of anilines is 1. The van der Waals surface area contributed by atoms with Crippen molar-refractivity contribution >= 4 is 17.4 Å². The molecule has 0 bridgehead atoms. The molecule has 3 heterocycles. The maximum Gasteiger partial charge on any atom is 0.407 e. The molecule has 0 unspecified atom stereocenters. The molecule has 0 atom stereocenters. The van der Waals surface area contributed by atoms with E-state index < -0.39 is 6.09 Å². The van der Waals surface area contributed by atoms with Crippen LogP contribution >= 0.6 is 0 Å². The second-order valence-electron chi connectivity index (χ2n) is 4.81. The standard InChI is InChI=1S/C12H16N6O2/c13-11-10-2-1-9(18(10)15-8-14-11)7-16-3-5-17(6-4-16)12(19)20/h1-2,8H,3-7H2,(H,19,20)(H2,13,14,15). The summed E-state index contributed by atoms with van der Waals surface area (Å²) in [6.07, 6.45) is 0.590. The molecule has 0 aliphatic carbocycles. The fourth-order valence-electron chi connectivity index (χ4n) is 2.45. The van der Waals surface area contributed by atoms with Crippen molar-refractivity contribution < 1.29 is 9.90 Å². The van der Waals surface area contributed by atoms with Gasteiger partial charge in [-0.15, -0.1) is 0 Å². The number of carboxylic acid groups (broad SMARTS) is 1. The summed E-state index contributed by atoms with van der Waals surface area (Å²) in [5.74, 6) is 0.460. The molecular formula is C12H16N6O2. The molecule has 3 N–H and O–H groups in total. The van der Waals surface area contributed by atoms with Gasteiger partial charge in [0.15, 0.2) is 5.82 Å². The molecule has 1 aliphatic heterocycles. The Balaban J connectivity index is 1.72. The quantitative estimate of drug-likeness (QED) is 0.807. The van der Waals surface area contributed by atoms with Crippen molar-refractivity contribution in [1.82, 2.24) is 24.4 Å². The van der Waals surface area contributed by atoms with E-state index in [0.717, 1.165) is 30.8 Å². The molecule has 8 nitrogen and oxygen atoms in total. The van der Waals surface area contributed by atoms with E-state index >= 15 is 0 Å². The molecule has 3 rings (SSSR count). The van der Waals surface area contributed by atoms with E-state index in [0.29, 0.717) is 18.9 Å². The van der Waals surface area contributed by atoms with Gasteiger partial charge in [-0.25, -0.2) is 14.3 Å². The van der Waals surface area contributed by atoms with Crippen molar-refractivity contribution in [3.05, 3.63) is 24.2 Å². The fraction of sp³-hybridized carbons (Fsp3) is 0.417. The van der Waals surface area contributed by atoms with E-state index in [1.165, 1.54) is 11.2 Å². The van der Waals surface area contributed by atoms with E-state index in [1.807, 2.05) is 12.1 Å². The third-order valence-corrected chi connectivity index (χ3v) is 3.59. The van der Waals surface area contributed by atoms with Crippen LogP contribution in [0.15, 0.2) is 18.5 Å². The van der Waals surface area contributed by atoms with Gasteiger partial charge in [-0.05, 0) is 12.1 Å². The van der Waals surface area contributed by atoms with Crippen LogP contribution in [0.25, 0.3) is 5.52 Å². The number of hydrogen-bond donors (Lipinski definition) is 2. The zero-order chi connectivity index (χ0) is 14.1. The number of hydrogen-bond acceptors (Lipinski definition) is 5. The molecule has 0 spiro atoms. The second-order valence-corrected chi connectivity index (χ2v) is 4.81. The number of carbonyl (C=O) groups is 1. The lowest BCUT2D eigenvalue weighted by atomic mass is 10.3. The lowest BCUT2D eigenvalue weighted by molar-refractivity contribution is 0.102. The molecule has 1 amide bonds. The predicted molar refractivity (Wildman–Crippen MR) is 72.3 cm³/mol. The summed E-state index contributed by atoms with van der Waals surface area (Å²) in [6, 6.07) is 3.88. The van der Waals surface area contributed by atoms with Crippen LogP contribution in [-0.4, -0.2) is 61.8 Å². The maximum absolute atomic E-state index is 10.9. The number of nitrogen functional groups attached to an aromatic ring is 1. The first-order valence-corrected chi connectivity index (χ1v) is 6.42. The molecular weight excluding hydrogens is 260 g/mol. The van der Waals surface area contributed by atoms with Crippen LogP contribution in [0, 0.1) is 0 Å². The van der Waals surface area contributed by atoms with Crippen LogP contribution in [0.1, 0.15) is 5.69 Å². The number of fused-ring (bicyclic) bond motifs is 1. The topological polar surface area (TPSA) is 100.0 Å². The summed E-state index contributed by atoms with van der Waals surface area (Å²) in [7, 11) is 0. The molecule has 1 aliphatic rings. The molecule has 2 aromatic heterocycles. The molecule has 0 radical (unpaired) electrons. The summed E-state index contributed by atoms with van der Waals surface area (Å²) >= 11 is 0. The molecule has 20 heavy (non-hydrogen) atoms. The number of rotatable bonds is 2. The number of nitrogens with two attached hydrogens (primary N) is 1. The van der Waals surface area contributed by atoms with Crippen molar-refractivity contribution in [3.63, 3.8) is 0 Å². The van der Waals surface area contributed by atoms with E-state index in [4.69, 9.17) is 10.8 Å². The number of amides is 1. The zero-order valence-corrected chi connectivity index (χ0v) is 10.9. The summed E-state index contributed by atoms with van der Waals surface area (Å²) < 4.78 is 1.78. The number of aromatic nitrogens is 3. The summed E-state index contributed by atoms with van der Waals surface area (Å²) in [5, 5.41) is 13.1. The van der Waals surface area contributed by atoms with E-state index in [-0.39, 0.29) is 0 Å². The Hall–Kier alpha value is -2.35. The van der Waals surface area contributed by atoms with E-state index in [2.05, 4.69) is 15.0 Å². The molecule has 0 saturated carbocycles. The molecule has 0 aromatic carbocycles. The van der Waals surface area contributed by atoms with Gasteiger partial charge in [-0.2, -0.15) is 5.10 Å². The van der Waals surface area contributed by atoms with Gasteiger partial charge in [0.05, 0.1) is 5.69 Å². The largest absolute Gasteiger partial charge is 0.465 e. The first kappa shape index (κ1) is 12.7. The minimum atomic E-state index is -0.849. The Labute approximate surface area is 115 Å². The summed E-state index contributed by atoms with van der Waals surface area (Å²) in [5.41, 5.74) is 7.62. The van der Waals surface area contributed by atoms with Crippen molar-refractivity contribution in [1.29, 1.82) is 0 Å². The fourth-order valence-corrected chi connectivity index (χ4v) is 2.45. The maximum atomic E-state index is 10.9. The van der Waals surface area contributed by atoms with Crippen LogP contribution in [0.3, 0.4) is 0 Å². The second kappa shape index (κ2) is 4.97. The SMILES string of the molecule is Nc1ncnn2c(CN3CCN(C(=O)O)CC3)ccc12. The number of piperazine rings is 1. The van der Waals surface area contributed by atoms with Gasteiger partial charge < -0.3 is 15.7 Å². The van der Waals surface area contributed by atoms with Gasteiger partial charge in [0.25, 0.3) is 0 Å². The number of nitrogens with zero attached hydrogens (tertiary/aromatic N) is 5. The van der Waals surface area contributed by atoms with Crippen molar-refractivity contribution in [3.8, 4) is 0 Å². The Morgan fingerprint density at radius 3 is 2.75 bits per heavy atom. The highest BCUT2D eigenvalue weighted by atomic mass is 16.4. The molecule has 2 aromatic rings. The molecule has 8 heteroatoms. The van der Waals surface area contributed by atoms with Crippen molar-refractivity contribution in [2.45, 2.75) is 6.54 Å². The third-order valence-electron chi connectivity index (χ3n) is 3.59. The van der Waals surface area contributed by atoms with Crippen LogP contribution in [0.5, 0.6) is 0 Å². The molecule has 1 saturated heterocycles. The van der Waals surface area contributed by atoms with Crippen molar-refractivity contribution in [2.75, 3.05) is 31.9 Å². The van der Waals surface area contributed by atoms with Gasteiger partial charge in [0, 0.05) is 32.7 Å². The predicted octanol–water partition coefficient (Wildman–Crippen LogP) is 0.107. The van der Waals surface area contributed by atoms with Gasteiger partial charge in [0.1, 0.15) is 11.8 Å². The first-order chi connectivity index (χ1) is 9.65. The van der Waals surface area contributed by atoms with Gasteiger partial charge in [0.2, 0.25) is 0 Å². The highest BCUT2D eigenvalue weighted by Gasteiger charge is 2.21. The van der Waals surface area contributed by atoms with Crippen LogP contribution in [0.2, 0.25) is 0 Å². The Kier molecular flexibility index (Phi) is 3.15. The summed E-state index contributed by atoms with van der Waals surface area (Å²) in [4.78, 5) is 18.5. The highest BCUT2D eigenvalue weighted by molar-refractivity contribution is 5.65. The average molecular weight is 276 g/mol. The van der Waals surface area contributed by atoms with Gasteiger partial charge in [-0.1, -0.05) is 0 Å². The third kappa shape index (κ3) is 2.25. The highest BCUT2D eigenvalue weighted by Crippen LogP contribution is 2.15. The minimum absolute atomic E-state index is 0.460.